The molecular formula is C16H15N3O2. The van der Waals surface area contributed by atoms with Gasteiger partial charge in [0.05, 0.1) is 4.92 Å². The summed E-state index contributed by atoms with van der Waals surface area (Å²) in [5.41, 5.74) is 3.80. The molecule has 0 spiro atoms. The van der Waals surface area contributed by atoms with Crippen molar-refractivity contribution in [2.24, 2.45) is 0 Å². The number of nitro benzene ring substituents is 1. The van der Waals surface area contributed by atoms with Gasteiger partial charge in [-0.25, -0.2) is 0 Å². The Labute approximate surface area is 121 Å². The highest BCUT2D eigenvalue weighted by Crippen LogP contribution is 2.26. The van der Waals surface area contributed by atoms with E-state index in [1.54, 1.807) is 13.0 Å². The van der Waals surface area contributed by atoms with E-state index in [2.05, 4.69) is 16.4 Å². The number of anilines is 1. The zero-order chi connectivity index (χ0) is 14.8. The van der Waals surface area contributed by atoms with Gasteiger partial charge >= 0.3 is 0 Å². The third kappa shape index (κ3) is 2.45. The van der Waals surface area contributed by atoms with Crippen LogP contribution in [0, 0.1) is 17.0 Å². The van der Waals surface area contributed by atoms with Crippen molar-refractivity contribution in [3.8, 4) is 0 Å². The quantitative estimate of drug-likeness (QED) is 0.561. The molecule has 0 atom stereocenters. The molecule has 0 aliphatic heterocycles. The maximum absolute atomic E-state index is 11.0. The second-order valence-electron chi connectivity index (χ2n) is 4.92. The second-order valence-corrected chi connectivity index (χ2v) is 4.92. The number of nitrogens with zero attached hydrogens (tertiary/aromatic N) is 1. The average Bonchev–Trinajstić information content (AvgIpc) is 2.89. The molecule has 0 aliphatic rings. The Kier molecular flexibility index (Phi) is 3.31. The summed E-state index contributed by atoms with van der Waals surface area (Å²) in [7, 11) is 0. The van der Waals surface area contributed by atoms with Gasteiger partial charge in [0.25, 0.3) is 5.69 Å². The molecule has 3 rings (SSSR count). The number of hydrogen-bond acceptors (Lipinski definition) is 3. The largest absolute Gasteiger partial charge is 0.380 e. The molecule has 0 amide bonds. The third-order valence-corrected chi connectivity index (χ3v) is 3.65. The van der Waals surface area contributed by atoms with Crippen LogP contribution in [0.15, 0.2) is 48.7 Å². The lowest BCUT2D eigenvalue weighted by Crippen LogP contribution is -2.02. The first-order valence-corrected chi connectivity index (χ1v) is 6.69. The number of aromatic amines is 1. The third-order valence-electron chi connectivity index (χ3n) is 3.65. The van der Waals surface area contributed by atoms with Crippen molar-refractivity contribution in [1.29, 1.82) is 0 Å². The molecule has 5 nitrogen and oxygen atoms in total. The fourth-order valence-electron chi connectivity index (χ4n) is 2.48. The Morgan fingerprint density at radius 1 is 1.19 bits per heavy atom. The van der Waals surface area contributed by atoms with Gasteiger partial charge in [0, 0.05) is 41.0 Å². The zero-order valence-corrected chi connectivity index (χ0v) is 11.6. The van der Waals surface area contributed by atoms with Crippen molar-refractivity contribution >= 4 is 22.3 Å². The van der Waals surface area contributed by atoms with Gasteiger partial charge in [0.2, 0.25) is 0 Å². The molecule has 2 N–H and O–H groups in total. The first-order valence-electron chi connectivity index (χ1n) is 6.69. The molecule has 0 saturated heterocycles. The van der Waals surface area contributed by atoms with Gasteiger partial charge in [-0.05, 0) is 24.6 Å². The van der Waals surface area contributed by atoms with Gasteiger partial charge in [-0.15, -0.1) is 0 Å². The maximum atomic E-state index is 11.0. The minimum atomic E-state index is -0.355. The van der Waals surface area contributed by atoms with Gasteiger partial charge in [-0.3, -0.25) is 10.1 Å². The normalized spacial score (nSPS) is 10.7. The zero-order valence-electron chi connectivity index (χ0n) is 11.6. The van der Waals surface area contributed by atoms with Crippen LogP contribution >= 0.6 is 0 Å². The smallest absolute Gasteiger partial charge is 0.274 e. The molecule has 0 fully saturated rings. The van der Waals surface area contributed by atoms with E-state index >= 15 is 0 Å². The van der Waals surface area contributed by atoms with Crippen molar-refractivity contribution in [3.05, 3.63) is 69.9 Å². The second kappa shape index (κ2) is 5.28. The monoisotopic (exact) mass is 281 g/mol. The lowest BCUT2D eigenvalue weighted by atomic mass is 10.1. The lowest BCUT2D eigenvalue weighted by molar-refractivity contribution is -0.385. The minimum Gasteiger partial charge on any atom is -0.380 e. The van der Waals surface area contributed by atoms with Crippen molar-refractivity contribution in [1.82, 2.24) is 4.98 Å². The fraction of sp³-hybridized carbons (Fsp3) is 0.125. The summed E-state index contributed by atoms with van der Waals surface area (Å²) in [5, 5.41) is 15.4. The Balaban J connectivity index is 1.85. The van der Waals surface area contributed by atoms with Gasteiger partial charge in [-0.1, -0.05) is 24.3 Å². The highest BCUT2D eigenvalue weighted by atomic mass is 16.6. The minimum absolute atomic E-state index is 0.138. The molecule has 1 aromatic heterocycles. The number of para-hydroxylation sites is 1. The van der Waals surface area contributed by atoms with Crippen molar-refractivity contribution in [2.75, 3.05) is 5.32 Å². The Hall–Kier alpha value is -2.82. The van der Waals surface area contributed by atoms with Crippen LogP contribution in [-0.4, -0.2) is 9.91 Å². The summed E-state index contributed by atoms with van der Waals surface area (Å²) in [6, 6.07) is 13.1. The van der Waals surface area contributed by atoms with E-state index in [0.29, 0.717) is 12.1 Å². The van der Waals surface area contributed by atoms with Crippen molar-refractivity contribution in [2.45, 2.75) is 13.5 Å². The molecule has 0 unspecified atom stereocenters. The predicted octanol–water partition coefficient (Wildman–Crippen LogP) is 4.00. The van der Waals surface area contributed by atoms with Crippen LogP contribution in [0.1, 0.15) is 11.1 Å². The highest BCUT2D eigenvalue weighted by Gasteiger charge is 2.13. The Morgan fingerprint density at radius 3 is 2.81 bits per heavy atom. The Morgan fingerprint density at radius 2 is 2.00 bits per heavy atom. The van der Waals surface area contributed by atoms with Crippen molar-refractivity contribution in [3.63, 3.8) is 0 Å². The summed E-state index contributed by atoms with van der Waals surface area (Å²) in [6.07, 6.45) is 1.96. The van der Waals surface area contributed by atoms with Gasteiger partial charge in [0.1, 0.15) is 0 Å². The van der Waals surface area contributed by atoms with E-state index in [1.165, 1.54) is 6.07 Å². The van der Waals surface area contributed by atoms with Crippen LogP contribution in [0.4, 0.5) is 11.4 Å². The van der Waals surface area contributed by atoms with Gasteiger partial charge in [-0.2, -0.15) is 0 Å². The summed E-state index contributed by atoms with van der Waals surface area (Å²) in [5.74, 6) is 0. The maximum Gasteiger partial charge on any atom is 0.274 e. The van der Waals surface area contributed by atoms with Crippen LogP contribution < -0.4 is 5.32 Å². The molecule has 106 valence electrons. The number of rotatable bonds is 4. The molecule has 21 heavy (non-hydrogen) atoms. The van der Waals surface area contributed by atoms with Gasteiger partial charge < -0.3 is 10.3 Å². The number of hydrogen-bond donors (Lipinski definition) is 2. The van der Waals surface area contributed by atoms with E-state index < -0.39 is 0 Å². The number of nitro groups is 1. The molecule has 3 aromatic rings. The number of fused-ring (bicyclic) bond motifs is 1. The van der Waals surface area contributed by atoms with Gasteiger partial charge in [0.15, 0.2) is 0 Å². The average molecular weight is 281 g/mol. The van der Waals surface area contributed by atoms with Crippen molar-refractivity contribution < 1.29 is 4.92 Å². The van der Waals surface area contributed by atoms with Crippen LogP contribution in [0.2, 0.25) is 0 Å². The molecular weight excluding hydrogens is 266 g/mol. The van der Waals surface area contributed by atoms with E-state index in [9.17, 15) is 10.1 Å². The highest BCUT2D eigenvalue weighted by molar-refractivity contribution is 5.83. The first kappa shape index (κ1) is 13.2. The summed E-state index contributed by atoms with van der Waals surface area (Å²) in [4.78, 5) is 13.8. The molecule has 1 heterocycles. The molecule has 0 saturated carbocycles. The van der Waals surface area contributed by atoms with E-state index in [4.69, 9.17) is 0 Å². The summed E-state index contributed by atoms with van der Waals surface area (Å²) in [6.45, 7) is 2.38. The predicted molar refractivity (Wildman–Crippen MR) is 83.5 cm³/mol. The van der Waals surface area contributed by atoms with Crippen LogP contribution in [0.3, 0.4) is 0 Å². The number of nitrogens with one attached hydrogen (secondary N) is 2. The van der Waals surface area contributed by atoms with Crippen LogP contribution in [0.25, 0.3) is 10.9 Å². The number of benzene rings is 2. The molecule has 0 radical (unpaired) electrons. The standard InChI is InChI=1S/C16H15N3O2/c1-11-14(7-4-8-16(11)19(20)21)17-9-12-10-18-15-6-3-2-5-13(12)15/h2-8,10,17-18H,9H2,1H3. The Bertz CT molecular complexity index is 808. The topological polar surface area (TPSA) is 71.0 Å². The molecule has 5 heteroatoms. The first-order chi connectivity index (χ1) is 10.2. The van der Waals surface area contributed by atoms with E-state index in [-0.39, 0.29) is 10.6 Å². The SMILES string of the molecule is Cc1c(NCc2c[nH]c3ccccc23)cccc1[N+](=O)[O-]. The van der Waals surface area contributed by atoms with Crippen LogP contribution in [0.5, 0.6) is 0 Å². The lowest BCUT2D eigenvalue weighted by Gasteiger charge is -2.09. The number of aromatic nitrogens is 1. The fourth-order valence-corrected chi connectivity index (χ4v) is 2.48. The summed E-state index contributed by atoms with van der Waals surface area (Å²) >= 11 is 0. The molecule has 2 aromatic carbocycles. The molecule has 0 bridgehead atoms. The summed E-state index contributed by atoms with van der Waals surface area (Å²) < 4.78 is 0. The molecule has 0 aliphatic carbocycles. The number of H-pyrrole nitrogens is 1. The van der Waals surface area contributed by atoms with Crippen LogP contribution in [-0.2, 0) is 6.54 Å². The van der Waals surface area contributed by atoms with E-state index in [1.807, 2.05) is 30.5 Å². The van der Waals surface area contributed by atoms with E-state index in [0.717, 1.165) is 22.2 Å².